The van der Waals surface area contributed by atoms with Crippen LogP contribution < -0.4 is 0 Å². The summed E-state index contributed by atoms with van der Waals surface area (Å²) in [6.45, 7) is 4.69. The van der Waals surface area contributed by atoms with E-state index in [1.54, 1.807) is 0 Å². The van der Waals surface area contributed by atoms with Crippen LogP contribution in [-0.4, -0.2) is 87.4 Å². The minimum atomic E-state index is -1.52. The third kappa shape index (κ3) is 60.7. The van der Waals surface area contributed by atoms with Crippen molar-refractivity contribution in [3.63, 3.8) is 0 Å². The van der Waals surface area contributed by atoms with E-state index in [0.717, 1.165) is 135 Å². The molecule has 0 saturated heterocycles. The molecule has 446 valence electrons. The third-order valence-electron chi connectivity index (χ3n) is 12.6. The summed E-state index contributed by atoms with van der Waals surface area (Å²) in [6.07, 6.45) is 83.6. The third-order valence-corrected chi connectivity index (χ3v) is 12.6. The number of carboxylic acids is 1. The van der Waals surface area contributed by atoms with Gasteiger partial charge in [0, 0.05) is 12.8 Å². The van der Waals surface area contributed by atoms with Crippen molar-refractivity contribution in [1.82, 2.24) is 0 Å². The number of carbonyl (C=O) groups excluding carboxylic acids is 2. The van der Waals surface area contributed by atoms with Gasteiger partial charge in [-0.25, -0.2) is 4.79 Å². The van der Waals surface area contributed by atoms with Crippen LogP contribution in [0, 0.1) is 0 Å². The van der Waals surface area contributed by atoms with E-state index in [4.69, 9.17) is 18.9 Å². The number of esters is 2. The Bertz CT molecular complexity index is 1800. The topological polar surface area (TPSA) is 108 Å². The molecular formula is C70H114NO8+. The highest BCUT2D eigenvalue weighted by molar-refractivity contribution is 5.71. The van der Waals surface area contributed by atoms with Crippen LogP contribution in [0.15, 0.2) is 146 Å². The van der Waals surface area contributed by atoms with E-state index < -0.39 is 24.3 Å². The number of nitrogens with zero attached hydrogens (tertiary/aromatic N) is 1. The highest BCUT2D eigenvalue weighted by Crippen LogP contribution is 2.14. The maximum Gasteiger partial charge on any atom is 0.361 e. The number of unbranched alkanes of at least 4 members (excludes halogenated alkanes) is 16. The Morgan fingerprint density at radius 2 is 0.722 bits per heavy atom. The molecule has 0 fully saturated rings. The van der Waals surface area contributed by atoms with Gasteiger partial charge in [-0.05, 0) is 122 Å². The lowest BCUT2D eigenvalue weighted by molar-refractivity contribution is -0.870. The van der Waals surface area contributed by atoms with Crippen LogP contribution in [-0.2, 0) is 33.3 Å². The molecule has 0 aliphatic rings. The maximum atomic E-state index is 12.9. The Morgan fingerprint density at radius 3 is 1.08 bits per heavy atom. The monoisotopic (exact) mass is 1100 g/mol. The maximum absolute atomic E-state index is 12.9. The molecule has 0 aromatic heterocycles. The molecule has 9 nitrogen and oxygen atoms in total. The second-order valence-electron chi connectivity index (χ2n) is 21.3. The van der Waals surface area contributed by atoms with Gasteiger partial charge in [0.15, 0.2) is 6.10 Å². The van der Waals surface area contributed by atoms with Crippen LogP contribution in [0.2, 0.25) is 0 Å². The first-order valence-corrected chi connectivity index (χ1v) is 31.0. The summed E-state index contributed by atoms with van der Waals surface area (Å²) < 4.78 is 22.8. The molecule has 0 bridgehead atoms. The standard InChI is InChI=1S/C70H113NO8/c1-6-8-10-12-14-16-18-20-22-23-24-25-26-27-28-29-30-31-32-33-34-35-36-37-38-39-40-41-42-43-44-45-47-49-51-53-55-57-59-61-68(73)79-66(65-78-70(69(74)75)76-63-62-71(3,4)5)64-77-67(72)60-58-56-54-52-50-48-46-21-19-17-15-13-11-9-7-2/h8,10,14-17,20-22,24-25,27-28,30-31,33-34,36-37,39-40,42-43,46,66,70H,6-7,9,11-13,18-19,23,26,29,32,35,38,41,44-45,47-65H2,1-5H3/p+1/b10-8-,16-14-,17-15-,22-20-,25-24-,28-27-,31-30-,34-33-,37-36-,40-39-,43-42-,46-21-. The van der Waals surface area contributed by atoms with Crippen LogP contribution in [0.25, 0.3) is 0 Å². The van der Waals surface area contributed by atoms with E-state index in [-0.39, 0.29) is 38.6 Å². The molecular weight excluding hydrogens is 983 g/mol. The summed E-state index contributed by atoms with van der Waals surface area (Å²) in [6, 6.07) is 0. The minimum Gasteiger partial charge on any atom is -0.477 e. The molecule has 0 aliphatic heterocycles. The zero-order valence-corrected chi connectivity index (χ0v) is 50.7. The van der Waals surface area contributed by atoms with Gasteiger partial charge in [-0.1, -0.05) is 230 Å². The van der Waals surface area contributed by atoms with Crippen molar-refractivity contribution in [1.29, 1.82) is 0 Å². The summed E-state index contributed by atoms with van der Waals surface area (Å²) in [5, 5.41) is 9.70. The Balaban J connectivity index is 4.20. The number of hydrogen-bond acceptors (Lipinski definition) is 7. The first kappa shape index (κ1) is 74.2. The van der Waals surface area contributed by atoms with E-state index in [2.05, 4.69) is 160 Å². The molecule has 9 heteroatoms. The fraction of sp³-hybridized carbons (Fsp3) is 0.614. The molecule has 0 saturated carbocycles. The number of carboxylic acid groups (broad SMARTS) is 1. The number of quaternary nitrogens is 1. The average Bonchev–Trinajstić information content (AvgIpc) is 3.42. The van der Waals surface area contributed by atoms with Crippen molar-refractivity contribution in [2.75, 3.05) is 47.5 Å². The van der Waals surface area contributed by atoms with Crippen molar-refractivity contribution in [3.05, 3.63) is 146 Å². The zero-order valence-electron chi connectivity index (χ0n) is 50.7. The van der Waals surface area contributed by atoms with Gasteiger partial charge in [0.25, 0.3) is 6.29 Å². The molecule has 2 atom stereocenters. The van der Waals surface area contributed by atoms with Crippen molar-refractivity contribution in [2.24, 2.45) is 0 Å². The number of ether oxygens (including phenoxy) is 4. The summed E-state index contributed by atoms with van der Waals surface area (Å²) in [7, 11) is 5.95. The van der Waals surface area contributed by atoms with E-state index >= 15 is 0 Å². The number of hydrogen-bond donors (Lipinski definition) is 1. The lowest BCUT2D eigenvalue weighted by atomic mass is 10.1. The van der Waals surface area contributed by atoms with E-state index in [9.17, 15) is 19.5 Å². The Labute approximate surface area is 483 Å². The first-order valence-electron chi connectivity index (χ1n) is 31.0. The lowest BCUT2D eigenvalue weighted by Gasteiger charge is -2.25. The summed E-state index contributed by atoms with van der Waals surface area (Å²) in [5.41, 5.74) is 0. The molecule has 0 aromatic rings. The fourth-order valence-corrected chi connectivity index (χ4v) is 7.83. The van der Waals surface area contributed by atoms with Gasteiger partial charge in [-0.15, -0.1) is 0 Å². The number of likely N-dealkylation sites (N-methyl/N-ethyl adjacent to an activating group) is 1. The van der Waals surface area contributed by atoms with Crippen LogP contribution in [0.5, 0.6) is 0 Å². The quantitative estimate of drug-likeness (QED) is 0.0211. The Hall–Kier alpha value is -4.83. The van der Waals surface area contributed by atoms with Crippen molar-refractivity contribution in [3.8, 4) is 0 Å². The Kier molecular flexibility index (Phi) is 55.7. The SMILES string of the molecule is CC/C=C\C/C=C\C/C=C\C/C=C\C/C=C\C/C=C\C/C=C\C/C=C\C/C=C\C/C=C\CCCCCCCCCCC(=O)OC(COC(=O)CCCCCCC/C=C\C/C=C\CCCCC)COC(OCC[N+](C)(C)C)C(=O)O. The smallest absolute Gasteiger partial charge is 0.361 e. The second kappa shape index (κ2) is 59.3. The van der Waals surface area contributed by atoms with Gasteiger partial charge in [-0.2, -0.15) is 0 Å². The van der Waals surface area contributed by atoms with Gasteiger partial charge in [0.1, 0.15) is 13.2 Å². The van der Waals surface area contributed by atoms with Crippen LogP contribution in [0.4, 0.5) is 0 Å². The van der Waals surface area contributed by atoms with Crippen molar-refractivity contribution >= 4 is 17.9 Å². The Morgan fingerprint density at radius 1 is 0.392 bits per heavy atom. The van der Waals surface area contributed by atoms with Crippen LogP contribution >= 0.6 is 0 Å². The number of allylic oxidation sites excluding steroid dienone is 24. The van der Waals surface area contributed by atoms with Crippen molar-refractivity contribution in [2.45, 2.75) is 232 Å². The van der Waals surface area contributed by atoms with E-state index in [1.165, 1.54) is 51.4 Å². The van der Waals surface area contributed by atoms with Gasteiger partial charge in [0.2, 0.25) is 0 Å². The second-order valence-corrected chi connectivity index (χ2v) is 21.3. The van der Waals surface area contributed by atoms with Gasteiger partial charge in [-0.3, -0.25) is 9.59 Å². The molecule has 79 heavy (non-hydrogen) atoms. The summed E-state index contributed by atoms with van der Waals surface area (Å²) >= 11 is 0. The number of rotatable bonds is 55. The average molecular weight is 1100 g/mol. The van der Waals surface area contributed by atoms with Crippen molar-refractivity contribution < 1.29 is 42.9 Å². The molecule has 0 rings (SSSR count). The summed E-state index contributed by atoms with van der Waals surface area (Å²) in [5.74, 6) is -2.05. The molecule has 0 aliphatic carbocycles. The largest absolute Gasteiger partial charge is 0.477 e. The van der Waals surface area contributed by atoms with Crippen LogP contribution in [0.3, 0.4) is 0 Å². The normalized spacial score (nSPS) is 13.8. The first-order chi connectivity index (χ1) is 38.6. The molecule has 0 radical (unpaired) electrons. The minimum absolute atomic E-state index is 0.176. The molecule has 0 heterocycles. The number of carbonyl (C=O) groups is 3. The molecule has 0 spiro atoms. The highest BCUT2D eigenvalue weighted by Gasteiger charge is 2.25. The fourth-order valence-electron chi connectivity index (χ4n) is 7.83. The van der Waals surface area contributed by atoms with E-state index in [1.807, 2.05) is 21.1 Å². The molecule has 0 aromatic carbocycles. The van der Waals surface area contributed by atoms with E-state index in [0.29, 0.717) is 17.4 Å². The zero-order chi connectivity index (χ0) is 57.6. The highest BCUT2D eigenvalue weighted by atomic mass is 16.7. The number of aliphatic carboxylic acids is 1. The van der Waals surface area contributed by atoms with Gasteiger partial charge >= 0.3 is 17.9 Å². The summed E-state index contributed by atoms with van der Waals surface area (Å²) in [4.78, 5) is 37.4. The lowest BCUT2D eigenvalue weighted by Crippen LogP contribution is -2.40. The van der Waals surface area contributed by atoms with Gasteiger partial charge in [0.05, 0.1) is 34.4 Å². The van der Waals surface area contributed by atoms with Crippen LogP contribution in [0.1, 0.15) is 219 Å². The predicted molar refractivity (Wildman–Crippen MR) is 336 cm³/mol. The van der Waals surface area contributed by atoms with Gasteiger partial charge < -0.3 is 28.5 Å². The predicted octanol–water partition coefficient (Wildman–Crippen LogP) is 18.8. The molecule has 1 N–H and O–H groups in total. The molecule has 0 amide bonds. The molecule has 2 unspecified atom stereocenters.